The Morgan fingerprint density at radius 3 is 3.00 bits per heavy atom. The van der Waals surface area contributed by atoms with Crippen molar-refractivity contribution in [3.63, 3.8) is 0 Å². The first-order valence-corrected chi connectivity index (χ1v) is 6.15. The molecule has 0 saturated heterocycles. The summed E-state index contributed by atoms with van der Waals surface area (Å²) in [5.41, 5.74) is 6.59. The molecule has 0 aliphatic heterocycles. The van der Waals surface area contributed by atoms with Crippen LogP contribution in [0.15, 0.2) is 36.9 Å². The summed E-state index contributed by atoms with van der Waals surface area (Å²) >= 11 is 0. The zero-order valence-corrected chi connectivity index (χ0v) is 11.0. The van der Waals surface area contributed by atoms with E-state index < -0.39 is 0 Å². The molecule has 0 spiro atoms. The van der Waals surface area contributed by atoms with Gasteiger partial charge >= 0.3 is 0 Å². The molecule has 0 aliphatic rings. The summed E-state index contributed by atoms with van der Waals surface area (Å²) in [6.07, 6.45) is 5.17. The first-order chi connectivity index (χ1) is 9.29. The van der Waals surface area contributed by atoms with E-state index in [-0.39, 0.29) is 0 Å². The van der Waals surface area contributed by atoms with Crippen molar-refractivity contribution in [1.82, 2.24) is 15.0 Å². The largest absolute Gasteiger partial charge is 0.369 e. The molecule has 2 heterocycles. The highest BCUT2D eigenvalue weighted by atomic mass is 15.2. The second-order valence-electron chi connectivity index (χ2n) is 4.19. The molecular weight excluding hydrogens is 240 g/mol. The standard InChI is InChI=1S/C13H18N6/c1-19(9-11-3-2-5-15-8-11)13-7-12(16-6-4-14)17-10-18-13/h2-3,5,7-8,10H,4,6,9,14H2,1H3,(H,16,17,18). The smallest absolute Gasteiger partial charge is 0.134 e. The van der Waals surface area contributed by atoms with Crippen LogP contribution in [0.5, 0.6) is 0 Å². The third-order valence-corrected chi connectivity index (χ3v) is 2.64. The summed E-state index contributed by atoms with van der Waals surface area (Å²) in [5, 5.41) is 3.14. The molecule has 100 valence electrons. The van der Waals surface area contributed by atoms with Gasteiger partial charge in [0.25, 0.3) is 0 Å². The first-order valence-electron chi connectivity index (χ1n) is 6.15. The molecule has 6 nitrogen and oxygen atoms in total. The molecule has 0 radical (unpaired) electrons. The van der Waals surface area contributed by atoms with Gasteiger partial charge in [0.05, 0.1) is 0 Å². The van der Waals surface area contributed by atoms with Crippen molar-refractivity contribution < 1.29 is 0 Å². The van der Waals surface area contributed by atoms with Crippen LogP contribution in [0.4, 0.5) is 11.6 Å². The van der Waals surface area contributed by atoms with E-state index in [1.807, 2.05) is 36.3 Å². The van der Waals surface area contributed by atoms with E-state index in [1.54, 1.807) is 12.5 Å². The molecule has 6 heteroatoms. The Bertz CT molecular complexity index is 501. The number of aromatic nitrogens is 3. The number of anilines is 2. The van der Waals surface area contributed by atoms with Gasteiger partial charge in [-0.3, -0.25) is 4.98 Å². The van der Waals surface area contributed by atoms with Crippen molar-refractivity contribution in [2.24, 2.45) is 5.73 Å². The minimum Gasteiger partial charge on any atom is -0.369 e. The van der Waals surface area contributed by atoms with Crippen LogP contribution in [0, 0.1) is 0 Å². The third-order valence-electron chi connectivity index (χ3n) is 2.64. The maximum absolute atomic E-state index is 5.45. The number of nitrogens with one attached hydrogen (secondary N) is 1. The van der Waals surface area contributed by atoms with E-state index in [9.17, 15) is 0 Å². The highest BCUT2D eigenvalue weighted by molar-refractivity contribution is 5.48. The van der Waals surface area contributed by atoms with Gasteiger partial charge < -0.3 is 16.0 Å². The van der Waals surface area contributed by atoms with Crippen molar-refractivity contribution in [1.29, 1.82) is 0 Å². The summed E-state index contributed by atoms with van der Waals surface area (Å²) in [6, 6.07) is 5.88. The van der Waals surface area contributed by atoms with E-state index >= 15 is 0 Å². The summed E-state index contributed by atoms with van der Waals surface area (Å²) < 4.78 is 0. The Balaban J connectivity index is 2.04. The molecule has 0 aromatic carbocycles. The topological polar surface area (TPSA) is 80.0 Å². The van der Waals surface area contributed by atoms with Crippen molar-refractivity contribution >= 4 is 11.6 Å². The molecule has 0 atom stereocenters. The predicted octanol–water partition coefficient (Wildman–Crippen LogP) is 0.879. The predicted molar refractivity (Wildman–Crippen MR) is 75.9 cm³/mol. The Morgan fingerprint density at radius 1 is 1.37 bits per heavy atom. The summed E-state index contributed by atoms with van der Waals surface area (Å²) in [5.74, 6) is 1.65. The van der Waals surface area contributed by atoms with E-state index in [1.165, 1.54) is 0 Å². The van der Waals surface area contributed by atoms with E-state index in [0.717, 1.165) is 23.7 Å². The van der Waals surface area contributed by atoms with Crippen LogP contribution in [-0.2, 0) is 6.54 Å². The minimum atomic E-state index is 0.574. The van der Waals surface area contributed by atoms with Crippen molar-refractivity contribution in [2.45, 2.75) is 6.54 Å². The highest BCUT2D eigenvalue weighted by Crippen LogP contribution is 2.14. The Kier molecular flexibility index (Phi) is 4.63. The van der Waals surface area contributed by atoms with Crippen molar-refractivity contribution in [3.05, 3.63) is 42.5 Å². The minimum absolute atomic E-state index is 0.574. The number of nitrogens with two attached hydrogens (primary N) is 1. The molecule has 2 aromatic rings. The lowest BCUT2D eigenvalue weighted by Gasteiger charge is -2.18. The average molecular weight is 258 g/mol. The van der Waals surface area contributed by atoms with Gasteiger partial charge in [-0.1, -0.05) is 6.07 Å². The van der Waals surface area contributed by atoms with Crippen LogP contribution in [0.1, 0.15) is 5.56 Å². The highest BCUT2D eigenvalue weighted by Gasteiger charge is 2.05. The SMILES string of the molecule is CN(Cc1cccnc1)c1cc(NCCN)ncn1. The summed E-state index contributed by atoms with van der Waals surface area (Å²) in [6.45, 7) is 2.02. The number of hydrogen-bond acceptors (Lipinski definition) is 6. The summed E-state index contributed by atoms with van der Waals surface area (Å²) in [4.78, 5) is 14.6. The van der Waals surface area contributed by atoms with Gasteiger partial charge in [0.2, 0.25) is 0 Å². The monoisotopic (exact) mass is 258 g/mol. The van der Waals surface area contributed by atoms with Gasteiger partial charge in [0.15, 0.2) is 0 Å². The third kappa shape index (κ3) is 3.89. The molecule has 0 amide bonds. The first kappa shape index (κ1) is 13.2. The fourth-order valence-corrected chi connectivity index (χ4v) is 1.70. The maximum atomic E-state index is 5.45. The van der Waals surface area contributed by atoms with Crippen LogP contribution in [-0.4, -0.2) is 35.1 Å². The molecule has 0 aliphatic carbocycles. The zero-order valence-electron chi connectivity index (χ0n) is 11.0. The quantitative estimate of drug-likeness (QED) is 0.800. The molecular formula is C13H18N6. The average Bonchev–Trinajstić information content (AvgIpc) is 2.46. The molecule has 0 unspecified atom stereocenters. The lowest BCUT2D eigenvalue weighted by Crippen LogP contribution is -2.19. The molecule has 3 N–H and O–H groups in total. The van der Waals surface area contributed by atoms with Gasteiger partial charge in [-0.15, -0.1) is 0 Å². The second-order valence-corrected chi connectivity index (χ2v) is 4.19. The van der Waals surface area contributed by atoms with E-state index in [4.69, 9.17) is 5.73 Å². The van der Waals surface area contributed by atoms with E-state index in [2.05, 4.69) is 20.3 Å². The van der Waals surface area contributed by atoms with Gasteiger partial charge in [-0.05, 0) is 11.6 Å². The Hall–Kier alpha value is -2.21. The molecule has 0 saturated carbocycles. The number of pyridine rings is 1. The van der Waals surface area contributed by atoms with Crippen LogP contribution in [0.25, 0.3) is 0 Å². The fraction of sp³-hybridized carbons (Fsp3) is 0.308. The Morgan fingerprint density at radius 2 is 2.26 bits per heavy atom. The normalized spacial score (nSPS) is 10.2. The van der Waals surface area contributed by atoms with Crippen LogP contribution in [0.3, 0.4) is 0 Å². The molecule has 2 aromatic heterocycles. The van der Waals surface area contributed by atoms with Gasteiger partial charge in [0.1, 0.15) is 18.0 Å². The van der Waals surface area contributed by atoms with Crippen LogP contribution < -0.4 is 16.0 Å². The number of nitrogens with zero attached hydrogens (tertiary/aromatic N) is 4. The molecule has 2 rings (SSSR count). The van der Waals surface area contributed by atoms with Crippen LogP contribution >= 0.6 is 0 Å². The van der Waals surface area contributed by atoms with Gasteiger partial charge in [-0.25, -0.2) is 9.97 Å². The lowest BCUT2D eigenvalue weighted by atomic mass is 10.3. The number of hydrogen-bond donors (Lipinski definition) is 2. The van der Waals surface area contributed by atoms with E-state index in [0.29, 0.717) is 13.1 Å². The lowest BCUT2D eigenvalue weighted by molar-refractivity contribution is 0.884. The molecule has 0 fully saturated rings. The van der Waals surface area contributed by atoms with Crippen molar-refractivity contribution in [3.8, 4) is 0 Å². The fourth-order valence-electron chi connectivity index (χ4n) is 1.70. The second kappa shape index (κ2) is 6.65. The number of rotatable bonds is 6. The Labute approximate surface area is 112 Å². The zero-order chi connectivity index (χ0) is 13.5. The van der Waals surface area contributed by atoms with Crippen LogP contribution in [0.2, 0.25) is 0 Å². The molecule has 0 bridgehead atoms. The van der Waals surface area contributed by atoms with Gasteiger partial charge in [-0.2, -0.15) is 0 Å². The maximum Gasteiger partial charge on any atom is 0.134 e. The molecule has 19 heavy (non-hydrogen) atoms. The van der Waals surface area contributed by atoms with Gasteiger partial charge in [0, 0.05) is 45.1 Å². The van der Waals surface area contributed by atoms with Crippen molar-refractivity contribution in [2.75, 3.05) is 30.4 Å². The summed E-state index contributed by atoms with van der Waals surface area (Å²) in [7, 11) is 1.99.